The molecule has 2 nitrogen and oxygen atoms in total. The monoisotopic (exact) mass is 370 g/mol. The van der Waals surface area contributed by atoms with Crippen molar-refractivity contribution in [2.24, 2.45) is 34.5 Å². The van der Waals surface area contributed by atoms with E-state index in [0.29, 0.717) is 10.8 Å². The summed E-state index contributed by atoms with van der Waals surface area (Å²) in [4.78, 5) is 11.4. The van der Waals surface area contributed by atoms with E-state index in [1.54, 1.807) is 18.1 Å². The Morgan fingerprint density at radius 3 is 2.59 bits per heavy atom. The third-order valence-electron chi connectivity index (χ3n) is 9.40. The molecule has 0 heterocycles. The lowest BCUT2D eigenvalue weighted by Crippen LogP contribution is -2.50. The number of hydrogen-bond donors (Lipinski definition) is 0. The molecule has 0 aromatic rings. The van der Waals surface area contributed by atoms with Crippen LogP contribution in [0.1, 0.15) is 86.0 Å². The lowest BCUT2D eigenvalue weighted by atomic mass is 9.47. The highest BCUT2D eigenvalue weighted by Crippen LogP contribution is 2.67. The molecular weight excluding hydrogens is 332 g/mol. The second-order valence-electron chi connectivity index (χ2n) is 10.4. The Kier molecular flexibility index (Phi) is 4.84. The van der Waals surface area contributed by atoms with E-state index in [1.807, 2.05) is 0 Å². The first-order valence-electron chi connectivity index (χ1n) is 11.3. The summed E-state index contributed by atoms with van der Waals surface area (Å²) in [6, 6.07) is 0. The Labute approximate surface area is 165 Å². The molecule has 0 aromatic heterocycles. The van der Waals surface area contributed by atoms with Gasteiger partial charge in [-0.05, 0) is 93.3 Å². The van der Waals surface area contributed by atoms with Gasteiger partial charge in [0.25, 0.3) is 0 Å². The maximum absolute atomic E-state index is 11.4. The number of allylic oxidation sites excluding steroid dienone is 3. The predicted octanol–water partition coefficient (Wildman–Crippen LogP) is 6.46. The molecule has 0 spiro atoms. The number of carbonyl (C=O) groups is 1. The minimum absolute atomic E-state index is 0.112. The van der Waals surface area contributed by atoms with Gasteiger partial charge >= 0.3 is 5.97 Å². The van der Waals surface area contributed by atoms with Crippen LogP contribution in [0.2, 0.25) is 0 Å². The van der Waals surface area contributed by atoms with Crippen LogP contribution in [0.4, 0.5) is 0 Å². The van der Waals surface area contributed by atoms with Gasteiger partial charge in [0.15, 0.2) is 0 Å². The third-order valence-corrected chi connectivity index (χ3v) is 9.40. The number of carbonyl (C=O) groups excluding carboxylic acids is 1. The highest BCUT2D eigenvalue weighted by atomic mass is 16.5. The van der Waals surface area contributed by atoms with Crippen LogP contribution >= 0.6 is 0 Å². The van der Waals surface area contributed by atoms with E-state index in [4.69, 9.17) is 4.74 Å². The van der Waals surface area contributed by atoms with E-state index in [2.05, 4.69) is 39.8 Å². The van der Waals surface area contributed by atoms with Crippen molar-refractivity contribution in [1.29, 1.82) is 0 Å². The van der Waals surface area contributed by atoms with Gasteiger partial charge in [0, 0.05) is 13.3 Å². The average molecular weight is 371 g/mol. The molecule has 4 rings (SSSR count). The van der Waals surface area contributed by atoms with E-state index >= 15 is 0 Å². The number of esters is 1. The summed E-state index contributed by atoms with van der Waals surface area (Å²) in [6.45, 7) is 11.3. The first kappa shape index (κ1) is 19.3. The lowest BCUT2D eigenvalue weighted by molar-refractivity contribution is -0.148. The van der Waals surface area contributed by atoms with E-state index < -0.39 is 0 Å². The van der Waals surface area contributed by atoms with Crippen molar-refractivity contribution in [2.45, 2.75) is 92.1 Å². The molecule has 0 N–H and O–H groups in total. The highest BCUT2D eigenvalue weighted by Gasteiger charge is 2.58. The molecule has 0 bridgehead atoms. The second kappa shape index (κ2) is 6.78. The van der Waals surface area contributed by atoms with Gasteiger partial charge in [-0.2, -0.15) is 0 Å². The fraction of sp³-hybridized carbons (Fsp3) is 0.800. The molecule has 2 heteroatoms. The van der Waals surface area contributed by atoms with Crippen molar-refractivity contribution >= 4 is 5.97 Å². The van der Waals surface area contributed by atoms with Crippen molar-refractivity contribution in [3.05, 3.63) is 23.3 Å². The van der Waals surface area contributed by atoms with Gasteiger partial charge < -0.3 is 4.74 Å². The summed E-state index contributed by atoms with van der Waals surface area (Å²) < 4.78 is 5.57. The van der Waals surface area contributed by atoms with Crippen LogP contribution in [0.15, 0.2) is 23.3 Å². The average Bonchev–Trinajstić information content (AvgIpc) is 2.98. The molecular formula is C25H38O2. The second-order valence-corrected chi connectivity index (χ2v) is 10.4. The van der Waals surface area contributed by atoms with Crippen molar-refractivity contribution < 1.29 is 9.53 Å². The minimum atomic E-state index is -0.123. The van der Waals surface area contributed by atoms with Crippen molar-refractivity contribution in [3.63, 3.8) is 0 Å². The summed E-state index contributed by atoms with van der Waals surface area (Å²) in [5, 5.41) is 0. The van der Waals surface area contributed by atoms with Gasteiger partial charge in [0.2, 0.25) is 0 Å². The fourth-order valence-electron chi connectivity index (χ4n) is 7.91. The summed E-state index contributed by atoms with van der Waals surface area (Å²) in [5.41, 5.74) is 4.07. The van der Waals surface area contributed by atoms with E-state index in [9.17, 15) is 4.79 Å². The predicted molar refractivity (Wildman–Crippen MR) is 110 cm³/mol. The van der Waals surface area contributed by atoms with Crippen molar-refractivity contribution in [3.8, 4) is 0 Å². The summed E-state index contributed by atoms with van der Waals surface area (Å²) in [5.74, 6) is 3.25. The zero-order valence-corrected chi connectivity index (χ0v) is 18.0. The Bertz CT molecular complexity index is 674. The van der Waals surface area contributed by atoms with Crippen LogP contribution in [0.25, 0.3) is 0 Å². The lowest BCUT2D eigenvalue weighted by Gasteiger charge is -2.58. The zero-order chi connectivity index (χ0) is 19.4. The summed E-state index contributed by atoms with van der Waals surface area (Å²) in [7, 11) is 0. The maximum atomic E-state index is 11.4. The first-order chi connectivity index (χ1) is 12.8. The zero-order valence-electron chi connectivity index (χ0n) is 18.0. The van der Waals surface area contributed by atoms with Crippen LogP contribution in [0, 0.1) is 34.5 Å². The topological polar surface area (TPSA) is 26.3 Å². The molecule has 4 aliphatic carbocycles. The quantitative estimate of drug-likeness (QED) is 0.412. The molecule has 0 saturated heterocycles. The van der Waals surface area contributed by atoms with Crippen molar-refractivity contribution in [1.82, 2.24) is 0 Å². The van der Waals surface area contributed by atoms with Crippen LogP contribution in [-0.4, -0.2) is 12.1 Å². The normalized spacial score (nSPS) is 46.8. The van der Waals surface area contributed by atoms with Gasteiger partial charge in [-0.3, -0.25) is 4.79 Å². The van der Waals surface area contributed by atoms with Gasteiger partial charge in [-0.25, -0.2) is 0 Å². The molecule has 7 atom stereocenters. The van der Waals surface area contributed by atoms with Crippen LogP contribution in [-0.2, 0) is 9.53 Å². The molecule has 27 heavy (non-hydrogen) atoms. The molecule has 3 saturated carbocycles. The van der Waals surface area contributed by atoms with Crippen LogP contribution in [0.3, 0.4) is 0 Å². The Morgan fingerprint density at radius 1 is 1.11 bits per heavy atom. The molecule has 0 aromatic carbocycles. The summed E-state index contributed by atoms with van der Waals surface area (Å²) >= 11 is 0. The van der Waals surface area contributed by atoms with Gasteiger partial charge in [0.05, 0.1) is 0 Å². The fourth-order valence-corrected chi connectivity index (χ4v) is 7.91. The Balaban J connectivity index is 1.58. The molecule has 0 amide bonds. The van der Waals surface area contributed by atoms with Crippen molar-refractivity contribution in [2.75, 3.05) is 0 Å². The maximum Gasteiger partial charge on any atom is 0.302 e. The summed E-state index contributed by atoms with van der Waals surface area (Å²) in [6.07, 6.45) is 15.1. The number of hydrogen-bond acceptors (Lipinski definition) is 2. The van der Waals surface area contributed by atoms with Gasteiger partial charge in [-0.15, -0.1) is 0 Å². The standard InChI is InChI=1S/C25H38O2/c1-6-16(2)21-9-10-22-20-8-7-18-15-19(27-17(3)26)11-13-24(18,4)23(20)12-14-25(21,22)5/h6-7,19-23H,8-15H2,1-5H3/b16-6-. The smallest absolute Gasteiger partial charge is 0.302 e. The molecule has 150 valence electrons. The number of rotatable bonds is 2. The first-order valence-corrected chi connectivity index (χ1v) is 11.3. The minimum Gasteiger partial charge on any atom is -0.462 e. The Morgan fingerprint density at radius 2 is 1.89 bits per heavy atom. The van der Waals surface area contributed by atoms with Crippen LogP contribution < -0.4 is 0 Å². The largest absolute Gasteiger partial charge is 0.462 e. The molecule has 0 aliphatic heterocycles. The highest BCUT2D eigenvalue weighted by molar-refractivity contribution is 5.66. The Hall–Kier alpha value is -1.05. The van der Waals surface area contributed by atoms with Crippen LogP contribution in [0.5, 0.6) is 0 Å². The van der Waals surface area contributed by atoms with E-state index in [0.717, 1.165) is 36.5 Å². The number of fused-ring (bicyclic) bond motifs is 5. The third kappa shape index (κ3) is 2.93. The van der Waals surface area contributed by atoms with E-state index in [-0.39, 0.29) is 12.1 Å². The number of ether oxygens (including phenoxy) is 1. The SMILES string of the molecule is C/C=C(/C)C1CCC2C3CC=C4CC(OC(C)=O)CCC4(C)C3CCC12C. The molecule has 4 aliphatic rings. The van der Waals surface area contributed by atoms with Gasteiger partial charge in [-0.1, -0.05) is 37.1 Å². The molecule has 3 fully saturated rings. The molecule has 7 unspecified atom stereocenters. The van der Waals surface area contributed by atoms with Gasteiger partial charge in [0.1, 0.15) is 6.10 Å². The molecule has 0 radical (unpaired) electrons. The van der Waals surface area contributed by atoms with E-state index in [1.165, 1.54) is 38.5 Å².